The number of rotatable bonds is 5. The monoisotopic (exact) mass is 539 g/mol. The van der Waals surface area contributed by atoms with Crippen molar-refractivity contribution >= 4 is 56.8 Å². The second-order valence-corrected chi connectivity index (χ2v) is 10.0. The van der Waals surface area contributed by atoms with Crippen LogP contribution in [0.4, 0.5) is 13.2 Å². The van der Waals surface area contributed by atoms with Crippen LogP contribution in [0.15, 0.2) is 36.4 Å². The van der Waals surface area contributed by atoms with Crippen LogP contribution in [0.5, 0.6) is 0 Å². The van der Waals surface area contributed by atoms with Gasteiger partial charge in [-0.15, -0.1) is 11.8 Å². The topological polar surface area (TPSA) is 29.1 Å². The van der Waals surface area contributed by atoms with Crippen molar-refractivity contribution in [3.63, 3.8) is 0 Å². The summed E-state index contributed by atoms with van der Waals surface area (Å²) in [6, 6.07) is 9.79. The summed E-state index contributed by atoms with van der Waals surface area (Å²) in [6.07, 6.45) is -4.54. The smallest absolute Gasteiger partial charge is 0.351 e. The SMILES string of the molecule is Cc1cc(C2CSC(c3cc(Cl)cc(Cl)c3)(C(F)(F)F)C2)ccc1CNC(=O)CBr. The average Bonchev–Trinajstić information content (AvgIpc) is 3.13. The molecule has 2 aromatic rings. The molecule has 1 aliphatic heterocycles. The highest BCUT2D eigenvalue weighted by molar-refractivity contribution is 9.09. The molecule has 1 aliphatic rings. The summed E-state index contributed by atoms with van der Waals surface area (Å²) >= 11 is 16.0. The second kappa shape index (κ2) is 9.31. The van der Waals surface area contributed by atoms with Crippen LogP contribution in [-0.2, 0) is 16.1 Å². The summed E-state index contributed by atoms with van der Waals surface area (Å²) < 4.78 is 40.7. The van der Waals surface area contributed by atoms with Gasteiger partial charge in [-0.25, -0.2) is 0 Å². The number of nitrogens with one attached hydrogen (secondary N) is 1. The fourth-order valence-corrected chi connectivity index (χ4v) is 5.97. The first-order valence-corrected chi connectivity index (χ1v) is 12.0. The van der Waals surface area contributed by atoms with Crippen LogP contribution in [0.25, 0.3) is 0 Å². The minimum absolute atomic E-state index is 0.0864. The molecule has 0 aromatic heterocycles. The largest absolute Gasteiger partial charge is 0.407 e. The summed E-state index contributed by atoms with van der Waals surface area (Å²) in [6.45, 7) is 2.28. The van der Waals surface area contributed by atoms with Crippen molar-refractivity contribution in [2.45, 2.75) is 36.7 Å². The lowest BCUT2D eigenvalue weighted by molar-refractivity contribution is -0.163. The van der Waals surface area contributed by atoms with Crippen LogP contribution in [0.1, 0.15) is 34.6 Å². The van der Waals surface area contributed by atoms with Crippen LogP contribution in [0.3, 0.4) is 0 Å². The van der Waals surface area contributed by atoms with Crippen molar-refractivity contribution in [1.82, 2.24) is 5.32 Å². The van der Waals surface area contributed by atoms with Crippen molar-refractivity contribution in [1.29, 1.82) is 0 Å². The third-order valence-corrected chi connectivity index (χ3v) is 7.93. The first-order valence-electron chi connectivity index (χ1n) is 9.15. The Morgan fingerprint density at radius 2 is 1.90 bits per heavy atom. The Morgan fingerprint density at radius 3 is 2.47 bits per heavy atom. The zero-order valence-corrected chi connectivity index (χ0v) is 19.9. The molecule has 1 amide bonds. The van der Waals surface area contributed by atoms with Crippen molar-refractivity contribution in [3.05, 3.63) is 68.7 Å². The summed E-state index contributed by atoms with van der Waals surface area (Å²) in [4.78, 5) is 11.4. The molecule has 1 N–H and O–H groups in total. The van der Waals surface area contributed by atoms with Gasteiger partial charge in [0.25, 0.3) is 0 Å². The number of carbonyl (C=O) groups is 1. The number of alkyl halides is 4. The number of aryl methyl sites for hydroxylation is 1. The van der Waals surface area contributed by atoms with Gasteiger partial charge in [0, 0.05) is 22.3 Å². The Hall–Kier alpha value is -0.890. The van der Waals surface area contributed by atoms with Gasteiger partial charge < -0.3 is 5.32 Å². The van der Waals surface area contributed by atoms with E-state index < -0.39 is 10.9 Å². The number of benzene rings is 2. The first-order chi connectivity index (χ1) is 14.1. The Morgan fingerprint density at radius 1 is 1.23 bits per heavy atom. The second-order valence-electron chi connectivity index (χ2n) is 7.29. The number of thioether (sulfide) groups is 1. The predicted octanol–water partition coefficient (Wildman–Crippen LogP) is 6.99. The molecule has 1 heterocycles. The standard InChI is InChI=1S/C21H19BrCl2F3NOS/c1-12-4-13(2-3-14(12)10-28-19(29)9-22)15-8-20(30-11-15,21(25,26)27)16-5-17(23)7-18(24)6-16/h2-7,15H,8-11H2,1H3,(H,28,29). The van der Waals surface area contributed by atoms with E-state index >= 15 is 0 Å². The van der Waals surface area contributed by atoms with Crippen LogP contribution < -0.4 is 5.32 Å². The summed E-state index contributed by atoms with van der Waals surface area (Å²) in [5, 5.41) is 3.38. The van der Waals surface area contributed by atoms with Crippen molar-refractivity contribution in [2.75, 3.05) is 11.1 Å². The quantitative estimate of drug-likeness (QED) is 0.414. The van der Waals surface area contributed by atoms with Gasteiger partial charge in [0.15, 0.2) is 0 Å². The van der Waals surface area contributed by atoms with Gasteiger partial charge in [-0.1, -0.05) is 57.3 Å². The molecule has 2 unspecified atom stereocenters. The molecule has 0 bridgehead atoms. The van der Waals surface area contributed by atoms with Crippen molar-refractivity contribution < 1.29 is 18.0 Å². The van der Waals surface area contributed by atoms with Crippen LogP contribution in [0, 0.1) is 6.92 Å². The first kappa shape index (κ1) is 23.8. The molecule has 1 saturated heterocycles. The zero-order valence-electron chi connectivity index (χ0n) is 16.0. The van der Waals surface area contributed by atoms with Gasteiger partial charge in [-0.2, -0.15) is 13.2 Å². The normalized spacial score (nSPS) is 21.6. The third-order valence-electron chi connectivity index (χ3n) is 5.29. The van der Waals surface area contributed by atoms with Crippen LogP contribution >= 0.6 is 50.9 Å². The minimum atomic E-state index is -4.45. The zero-order chi connectivity index (χ0) is 22.1. The maximum atomic E-state index is 14.3. The molecule has 2 nitrogen and oxygen atoms in total. The van der Waals surface area contributed by atoms with E-state index in [1.54, 1.807) is 0 Å². The highest BCUT2D eigenvalue weighted by Crippen LogP contribution is 2.60. The fourth-order valence-electron chi connectivity index (χ4n) is 3.68. The number of hydrogen-bond acceptors (Lipinski definition) is 2. The molecule has 2 atom stereocenters. The highest BCUT2D eigenvalue weighted by atomic mass is 79.9. The lowest BCUT2D eigenvalue weighted by Crippen LogP contribution is -2.37. The molecule has 1 fully saturated rings. The van der Waals surface area contributed by atoms with Gasteiger partial charge in [0.2, 0.25) is 5.91 Å². The third kappa shape index (κ3) is 4.95. The van der Waals surface area contributed by atoms with E-state index in [1.807, 2.05) is 25.1 Å². The molecule has 0 saturated carbocycles. The molecule has 3 rings (SSSR count). The summed E-state index contributed by atoms with van der Waals surface area (Å²) in [7, 11) is 0. The Balaban J connectivity index is 1.87. The maximum absolute atomic E-state index is 14.3. The lowest BCUT2D eigenvalue weighted by atomic mass is 9.84. The maximum Gasteiger partial charge on any atom is 0.407 e. The molecule has 9 heteroatoms. The van der Waals surface area contributed by atoms with Gasteiger partial charge in [0.1, 0.15) is 4.75 Å². The minimum Gasteiger partial charge on any atom is -0.351 e. The summed E-state index contributed by atoms with van der Waals surface area (Å²) in [5.41, 5.74) is 2.81. The Bertz CT molecular complexity index is 936. The number of amides is 1. The van der Waals surface area contributed by atoms with Gasteiger partial charge >= 0.3 is 6.18 Å². The van der Waals surface area contributed by atoms with Crippen LogP contribution in [0.2, 0.25) is 10.0 Å². The van der Waals surface area contributed by atoms with E-state index in [9.17, 15) is 18.0 Å². The van der Waals surface area contributed by atoms with Gasteiger partial charge in [0.05, 0.1) is 5.33 Å². The summed E-state index contributed by atoms with van der Waals surface area (Å²) in [5.74, 6) is -0.0528. The van der Waals surface area contributed by atoms with Crippen molar-refractivity contribution in [3.8, 4) is 0 Å². The van der Waals surface area contributed by atoms with Crippen LogP contribution in [-0.4, -0.2) is 23.2 Å². The van der Waals surface area contributed by atoms with E-state index in [2.05, 4.69) is 21.2 Å². The molecule has 0 aliphatic carbocycles. The fraction of sp³-hybridized carbons (Fsp3) is 0.381. The number of halogens is 6. The molecule has 2 aromatic carbocycles. The van der Waals surface area contributed by atoms with E-state index in [1.165, 1.54) is 18.2 Å². The van der Waals surface area contributed by atoms with Gasteiger partial charge in [-0.05, 0) is 59.7 Å². The molecule has 0 spiro atoms. The molecular weight excluding hydrogens is 522 g/mol. The Labute approximate surface area is 196 Å². The van der Waals surface area contributed by atoms with E-state index in [0.29, 0.717) is 12.3 Å². The van der Waals surface area contributed by atoms with Gasteiger partial charge in [-0.3, -0.25) is 4.79 Å². The highest BCUT2D eigenvalue weighted by Gasteiger charge is 2.60. The molecular formula is C21H19BrCl2F3NOS. The average molecular weight is 541 g/mol. The predicted molar refractivity (Wildman–Crippen MR) is 121 cm³/mol. The van der Waals surface area contributed by atoms with Crippen molar-refractivity contribution in [2.24, 2.45) is 0 Å². The number of hydrogen-bond donors (Lipinski definition) is 1. The van der Waals surface area contributed by atoms with E-state index in [-0.39, 0.29) is 39.2 Å². The molecule has 30 heavy (non-hydrogen) atoms. The molecule has 162 valence electrons. The van der Waals surface area contributed by atoms with E-state index in [0.717, 1.165) is 28.5 Å². The van der Waals surface area contributed by atoms with E-state index in [4.69, 9.17) is 23.2 Å². The Kier molecular flexibility index (Phi) is 7.37. The molecule has 0 radical (unpaired) electrons. The number of carbonyl (C=O) groups excluding carboxylic acids is 1. The lowest BCUT2D eigenvalue weighted by Gasteiger charge is -2.32.